The zero-order chi connectivity index (χ0) is 10.8. The number of hydrogen-bond acceptors (Lipinski definition) is 2. The Bertz CT molecular complexity index is 513. The first-order chi connectivity index (χ1) is 7.18. The van der Waals surface area contributed by atoms with Crippen molar-refractivity contribution < 1.29 is 5.11 Å². The zero-order valence-corrected chi connectivity index (χ0v) is 9.24. The monoisotopic (exact) mass is 220 g/mol. The van der Waals surface area contributed by atoms with Crippen LogP contribution in [0.4, 0.5) is 0 Å². The van der Waals surface area contributed by atoms with E-state index in [0.29, 0.717) is 11.3 Å². The highest BCUT2D eigenvalue weighted by Gasteiger charge is 2.04. The van der Waals surface area contributed by atoms with Gasteiger partial charge in [-0.15, -0.1) is 0 Å². The van der Waals surface area contributed by atoms with Crippen LogP contribution >= 0.6 is 12.2 Å². The van der Waals surface area contributed by atoms with E-state index in [-0.39, 0.29) is 5.88 Å². The Morgan fingerprint density at radius 1 is 1.27 bits per heavy atom. The fourth-order valence-electron chi connectivity index (χ4n) is 1.50. The Kier molecular flexibility index (Phi) is 2.60. The van der Waals surface area contributed by atoms with Crippen molar-refractivity contribution in [3.05, 3.63) is 46.9 Å². The Hall–Kier alpha value is -1.55. The van der Waals surface area contributed by atoms with E-state index in [1.54, 1.807) is 15.3 Å². The third-order valence-corrected chi connectivity index (χ3v) is 2.81. The van der Waals surface area contributed by atoms with Crippen molar-refractivity contribution in [2.75, 3.05) is 0 Å². The van der Waals surface area contributed by atoms with Crippen LogP contribution in [0.5, 0.6) is 5.88 Å². The van der Waals surface area contributed by atoms with Crippen LogP contribution in [-0.4, -0.2) is 14.2 Å². The molecule has 0 radical (unpaired) electrons. The van der Waals surface area contributed by atoms with E-state index >= 15 is 0 Å². The summed E-state index contributed by atoms with van der Waals surface area (Å²) in [7, 11) is 1.82. The lowest BCUT2D eigenvalue weighted by atomic mass is 10.2. The normalized spacial score (nSPS) is 10.5. The summed E-state index contributed by atoms with van der Waals surface area (Å²) in [4.78, 5) is 0. The van der Waals surface area contributed by atoms with Crippen LogP contribution in [0.25, 0.3) is 0 Å². The second-order valence-corrected chi connectivity index (χ2v) is 3.82. The molecular formula is C11H12N2OS. The van der Waals surface area contributed by atoms with Crippen molar-refractivity contribution in [1.82, 2.24) is 9.13 Å². The number of aromatic hydroxyl groups is 1. The summed E-state index contributed by atoms with van der Waals surface area (Å²) in [6.07, 6.45) is 1.62. The fraction of sp³-hybridized carbons (Fsp3) is 0.182. The van der Waals surface area contributed by atoms with Gasteiger partial charge in [0, 0.05) is 7.05 Å². The molecule has 0 aliphatic heterocycles. The molecule has 0 bridgehead atoms. The zero-order valence-electron chi connectivity index (χ0n) is 8.42. The lowest BCUT2D eigenvalue weighted by molar-refractivity contribution is 0.423. The predicted molar refractivity (Wildman–Crippen MR) is 61.4 cm³/mol. The van der Waals surface area contributed by atoms with Gasteiger partial charge in [0.2, 0.25) is 5.88 Å². The van der Waals surface area contributed by atoms with Crippen molar-refractivity contribution in [3.8, 4) is 5.88 Å². The highest BCUT2D eigenvalue weighted by Crippen LogP contribution is 2.14. The minimum atomic E-state index is 0.200. The van der Waals surface area contributed by atoms with E-state index in [4.69, 9.17) is 12.2 Å². The van der Waals surface area contributed by atoms with Crippen molar-refractivity contribution in [3.63, 3.8) is 0 Å². The third-order valence-electron chi connectivity index (χ3n) is 2.30. The Morgan fingerprint density at radius 2 is 1.93 bits per heavy atom. The minimum absolute atomic E-state index is 0.200. The summed E-state index contributed by atoms with van der Waals surface area (Å²) < 4.78 is 4.05. The maximum atomic E-state index is 9.65. The Balaban J connectivity index is 2.37. The molecule has 0 unspecified atom stereocenters. The molecule has 1 N–H and O–H groups in total. The van der Waals surface area contributed by atoms with Crippen molar-refractivity contribution in [2.24, 2.45) is 7.05 Å². The van der Waals surface area contributed by atoms with E-state index in [1.165, 1.54) is 0 Å². The van der Waals surface area contributed by atoms with Crippen LogP contribution in [0.2, 0.25) is 0 Å². The van der Waals surface area contributed by atoms with Gasteiger partial charge in [0.25, 0.3) is 0 Å². The highest BCUT2D eigenvalue weighted by molar-refractivity contribution is 7.71. The summed E-state index contributed by atoms with van der Waals surface area (Å²) in [5.41, 5.74) is 1.12. The number of imidazole rings is 1. The maximum Gasteiger partial charge on any atom is 0.210 e. The van der Waals surface area contributed by atoms with Gasteiger partial charge < -0.3 is 9.67 Å². The lowest BCUT2D eigenvalue weighted by Gasteiger charge is -2.03. The summed E-state index contributed by atoms with van der Waals surface area (Å²) in [5.74, 6) is 0.200. The van der Waals surface area contributed by atoms with Gasteiger partial charge in [-0.2, -0.15) is 0 Å². The third kappa shape index (κ3) is 1.94. The molecule has 3 nitrogen and oxygen atoms in total. The second-order valence-electron chi connectivity index (χ2n) is 3.45. The van der Waals surface area contributed by atoms with E-state index in [0.717, 1.165) is 5.56 Å². The van der Waals surface area contributed by atoms with Gasteiger partial charge in [-0.3, -0.25) is 4.57 Å². The molecule has 78 valence electrons. The van der Waals surface area contributed by atoms with Gasteiger partial charge in [-0.1, -0.05) is 30.3 Å². The molecule has 0 fully saturated rings. The number of rotatable bonds is 2. The molecule has 0 spiro atoms. The van der Waals surface area contributed by atoms with Crippen LogP contribution in [0.1, 0.15) is 5.56 Å². The first-order valence-corrected chi connectivity index (χ1v) is 5.08. The van der Waals surface area contributed by atoms with Gasteiger partial charge in [0.05, 0.1) is 12.7 Å². The molecular weight excluding hydrogens is 208 g/mol. The highest BCUT2D eigenvalue weighted by atomic mass is 32.1. The molecule has 0 aliphatic rings. The molecule has 2 rings (SSSR count). The van der Waals surface area contributed by atoms with Crippen LogP contribution in [0.15, 0.2) is 36.5 Å². The van der Waals surface area contributed by atoms with Gasteiger partial charge in [-0.25, -0.2) is 0 Å². The molecule has 2 aromatic rings. The van der Waals surface area contributed by atoms with Crippen LogP contribution < -0.4 is 0 Å². The average molecular weight is 220 g/mol. The van der Waals surface area contributed by atoms with E-state index in [2.05, 4.69) is 0 Å². The lowest BCUT2D eigenvalue weighted by Crippen LogP contribution is -2.00. The molecule has 0 saturated heterocycles. The quantitative estimate of drug-likeness (QED) is 0.787. The SMILES string of the molecule is Cn1cc(O)n(Cc2ccccc2)c1=S. The molecule has 0 amide bonds. The molecule has 0 atom stereocenters. The van der Waals surface area contributed by atoms with Crippen molar-refractivity contribution in [2.45, 2.75) is 6.54 Å². The van der Waals surface area contributed by atoms with E-state index in [1.807, 2.05) is 37.4 Å². The second kappa shape index (κ2) is 3.90. The van der Waals surface area contributed by atoms with Gasteiger partial charge >= 0.3 is 0 Å². The minimum Gasteiger partial charge on any atom is -0.493 e. The summed E-state index contributed by atoms with van der Waals surface area (Å²) in [6.45, 7) is 0.604. The summed E-state index contributed by atoms with van der Waals surface area (Å²) in [6, 6.07) is 9.92. The average Bonchev–Trinajstić information content (AvgIpc) is 2.47. The molecule has 1 aromatic heterocycles. The standard InChI is InChI=1S/C11H12N2OS/c1-12-8-10(14)13(11(12)15)7-9-5-3-2-4-6-9/h2-6,8,14H,7H2,1H3. The summed E-state index contributed by atoms with van der Waals surface area (Å²) in [5, 5.41) is 9.65. The smallest absolute Gasteiger partial charge is 0.210 e. The van der Waals surface area contributed by atoms with Crippen molar-refractivity contribution in [1.29, 1.82) is 0 Å². The van der Waals surface area contributed by atoms with Crippen LogP contribution in [-0.2, 0) is 13.6 Å². The fourth-order valence-corrected chi connectivity index (χ4v) is 1.71. The molecule has 15 heavy (non-hydrogen) atoms. The number of benzene rings is 1. The van der Waals surface area contributed by atoms with Crippen molar-refractivity contribution >= 4 is 12.2 Å². The molecule has 0 saturated carbocycles. The molecule has 4 heteroatoms. The first-order valence-electron chi connectivity index (χ1n) is 4.67. The first kappa shape index (κ1) is 9.98. The van der Waals surface area contributed by atoms with Gasteiger partial charge in [-0.05, 0) is 17.8 Å². The van der Waals surface area contributed by atoms with Crippen LogP contribution in [0.3, 0.4) is 0 Å². The Labute approximate surface area is 93.2 Å². The molecule has 1 aromatic carbocycles. The Morgan fingerprint density at radius 3 is 2.47 bits per heavy atom. The molecule has 0 aliphatic carbocycles. The topological polar surface area (TPSA) is 30.1 Å². The number of hydrogen-bond donors (Lipinski definition) is 1. The predicted octanol–water partition coefficient (Wildman–Crippen LogP) is 2.31. The van der Waals surface area contributed by atoms with Gasteiger partial charge in [0.1, 0.15) is 0 Å². The van der Waals surface area contributed by atoms with E-state index in [9.17, 15) is 5.11 Å². The largest absolute Gasteiger partial charge is 0.493 e. The van der Waals surface area contributed by atoms with E-state index < -0.39 is 0 Å². The van der Waals surface area contributed by atoms with Crippen LogP contribution in [0, 0.1) is 4.77 Å². The number of nitrogens with zero attached hydrogens (tertiary/aromatic N) is 2. The molecule has 1 heterocycles. The number of aryl methyl sites for hydroxylation is 1. The maximum absolute atomic E-state index is 9.65. The number of aromatic nitrogens is 2. The van der Waals surface area contributed by atoms with Gasteiger partial charge in [0.15, 0.2) is 4.77 Å². The summed E-state index contributed by atoms with van der Waals surface area (Å²) >= 11 is 5.18.